The zero-order chi connectivity index (χ0) is 21.4. The van der Waals surface area contributed by atoms with Gasteiger partial charge in [0.25, 0.3) is 0 Å². The number of nitrogens with zero attached hydrogens (tertiary/aromatic N) is 1. The van der Waals surface area contributed by atoms with E-state index < -0.39 is 27.7 Å². The summed E-state index contributed by atoms with van der Waals surface area (Å²) in [6.45, 7) is 0. The van der Waals surface area contributed by atoms with Gasteiger partial charge in [0.05, 0.1) is 17.6 Å². The first-order valence-corrected chi connectivity index (χ1v) is 10.1. The van der Waals surface area contributed by atoms with Crippen molar-refractivity contribution in [3.05, 3.63) is 59.8 Å². The average molecular weight is 424 g/mol. The molecule has 0 unspecified atom stereocenters. The number of esters is 1. The van der Waals surface area contributed by atoms with Gasteiger partial charge in [0, 0.05) is 17.4 Å². The van der Waals surface area contributed by atoms with Gasteiger partial charge in [0.2, 0.25) is 0 Å². The Morgan fingerprint density at radius 1 is 1.00 bits per heavy atom. The molecule has 2 aromatic carbocycles. The highest BCUT2D eigenvalue weighted by Gasteiger charge is 2.38. The van der Waals surface area contributed by atoms with Crippen molar-refractivity contribution in [3.63, 3.8) is 0 Å². The van der Waals surface area contributed by atoms with Crippen LogP contribution in [0.15, 0.2) is 53.4 Å². The molecule has 0 fully saturated rings. The van der Waals surface area contributed by atoms with Crippen LogP contribution in [-0.2, 0) is 20.8 Å². The van der Waals surface area contributed by atoms with Crippen molar-refractivity contribution in [1.29, 1.82) is 0 Å². The van der Waals surface area contributed by atoms with Crippen LogP contribution in [0.2, 0.25) is 0 Å². The number of hydrogen-bond acceptors (Lipinski definition) is 5. The number of alkyl halides is 3. The number of ether oxygens (including phenoxy) is 1. The first kappa shape index (κ1) is 20.6. The molecule has 3 aromatic rings. The fraction of sp³-hybridized carbons (Fsp3) is 0.158. The minimum Gasteiger partial charge on any atom is -0.465 e. The van der Waals surface area contributed by atoms with Crippen LogP contribution in [0.3, 0.4) is 0 Å². The van der Waals surface area contributed by atoms with Gasteiger partial charge in [-0.3, -0.25) is 5.10 Å². The van der Waals surface area contributed by atoms with E-state index in [-0.39, 0.29) is 27.3 Å². The molecule has 1 aromatic heterocycles. The molecular weight excluding hydrogens is 409 g/mol. The van der Waals surface area contributed by atoms with E-state index in [9.17, 15) is 26.4 Å². The Morgan fingerprint density at radius 3 is 2.03 bits per heavy atom. The number of carbonyl (C=O) groups is 1. The molecule has 0 saturated carbocycles. The van der Waals surface area contributed by atoms with Crippen LogP contribution in [0.5, 0.6) is 0 Å². The van der Waals surface area contributed by atoms with Crippen LogP contribution in [0.1, 0.15) is 16.1 Å². The van der Waals surface area contributed by atoms with Gasteiger partial charge < -0.3 is 4.74 Å². The van der Waals surface area contributed by atoms with E-state index in [1.165, 1.54) is 55.6 Å². The summed E-state index contributed by atoms with van der Waals surface area (Å²) in [5.41, 5.74) is -0.584. The van der Waals surface area contributed by atoms with Crippen LogP contribution in [-0.4, -0.2) is 38.0 Å². The van der Waals surface area contributed by atoms with Crippen molar-refractivity contribution in [2.24, 2.45) is 0 Å². The predicted molar refractivity (Wildman–Crippen MR) is 98.9 cm³/mol. The molecule has 1 heterocycles. The zero-order valence-electron chi connectivity index (χ0n) is 15.2. The largest absolute Gasteiger partial charge is 0.465 e. The quantitative estimate of drug-likeness (QED) is 0.641. The summed E-state index contributed by atoms with van der Waals surface area (Å²) in [5, 5.41) is 5.83. The van der Waals surface area contributed by atoms with Gasteiger partial charge in [0.15, 0.2) is 9.84 Å². The molecule has 1 N–H and O–H groups in total. The number of aromatic nitrogens is 2. The topological polar surface area (TPSA) is 89.1 Å². The second kappa shape index (κ2) is 7.36. The lowest BCUT2D eigenvalue weighted by Gasteiger charge is -2.10. The van der Waals surface area contributed by atoms with Gasteiger partial charge in [0.1, 0.15) is 11.4 Å². The van der Waals surface area contributed by atoms with Gasteiger partial charge in [-0.25, -0.2) is 13.2 Å². The van der Waals surface area contributed by atoms with E-state index in [1.54, 1.807) is 0 Å². The molecule has 0 saturated heterocycles. The van der Waals surface area contributed by atoms with Crippen molar-refractivity contribution < 1.29 is 31.1 Å². The Hall–Kier alpha value is -3.14. The summed E-state index contributed by atoms with van der Waals surface area (Å²) in [4.78, 5) is 11.6. The van der Waals surface area contributed by atoms with Crippen LogP contribution >= 0.6 is 0 Å². The van der Waals surface area contributed by atoms with Gasteiger partial charge in [-0.05, 0) is 29.8 Å². The third kappa shape index (κ3) is 4.16. The third-order valence-corrected chi connectivity index (χ3v) is 5.33. The lowest BCUT2D eigenvalue weighted by atomic mass is 9.97. The summed E-state index contributed by atoms with van der Waals surface area (Å²) in [6, 6.07) is 10.8. The number of benzene rings is 2. The molecule has 6 nitrogen and oxygen atoms in total. The highest BCUT2D eigenvalue weighted by atomic mass is 32.2. The number of methoxy groups -OCH3 is 1. The van der Waals surface area contributed by atoms with E-state index in [2.05, 4.69) is 9.84 Å². The summed E-state index contributed by atoms with van der Waals surface area (Å²) in [5.74, 6) is -0.614. The summed E-state index contributed by atoms with van der Waals surface area (Å²) in [7, 11) is -2.25. The number of hydrogen-bond donors (Lipinski definition) is 1. The number of carbonyl (C=O) groups excluding carboxylic acids is 1. The van der Waals surface area contributed by atoms with Crippen molar-refractivity contribution >= 4 is 15.8 Å². The molecule has 29 heavy (non-hydrogen) atoms. The molecule has 152 valence electrons. The maximum atomic E-state index is 13.5. The van der Waals surface area contributed by atoms with Gasteiger partial charge in [-0.2, -0.15) is 18.3 Å². The Kier molecular flexibility index (Phi) is 5.22. The molecule has 0 aliphatic carbocycles. The molecule has 0 radical (unpaired) electrons. The predicted octanol–water partition coefficient (Wildman–Crippen LogP) is 3.95. The zero-order valence-corrected chi connectivity index (χ0v) is 16.1. The van der Waals surface area contributed by atoms with Crippen molar-refractivity contribution in [2.75, 3.05) is 13.4 Å². The number of nitrogens with one attached hydrogen (secondary N) is 1. The molecule has 10 heteroatoms. The van der Waals surface area contributed by atoms with Crippen LogP contribution in [0.4, 0.5) is 13.2 Å². The first-order chi connectivity index (χ1) is 13.5. The second-order valence-corrected chi connectivity index (χ2v) is 8.20. The fourth-order valence-electron chi connectivity index (χ4n) is 2.79. The van der Waals surface area contributed by atoms with Crippen LogP contribution < -0.4 is 0 Å². The van der Waals surface area contributed by atoms with E-state index in [0.29, 0.717) is 5.56 Å². The molecule has 0 spiro atoms. The van der Waals surface area contributed by atoms with E-state index in [0.717, 1.165) is 6.26 Å². The standard InChI is InChI=1S/C19H15F3N2O4S/c1-28-18(25)13-5-3-11(4-6-13)15-16(23-24-17(15)19(20,21)22)12-7-9-14(10-8-12)29(2,26)27/h3-10H,1-2H3,(H,23,24). The Balaban J connectivity index is 2.15. The lowest BCUT2D eigenvalue weighted by molar-refractivity contribution is -0.140. The highest BCUT2D eigenvalue weighted by Crippen LogP contribution is 2.41. The smallest absolute Gasteiger partial charge is 0.433 e. The Bertz CT molecular complexity index is 1150. The van der Waals surface area contributed by atoms with Crippen molar-refractivity contribution in [2.45, 2.75) is 11.1 Å². The number of rotatable bonds is 4. The molecule has 0 aliphatic heterocycles. The average Bonchev–Trinajstić information content (AvgIpc) is 3.12. The second-order valence-electron chi connectivity index (χ2n) is 6.19. The molecule has 3 rings (SSSR count). The third-order valence-electron chi connectivity index (χ3n) is 4.20. The van der Waals surface area contributed by atoms with E-state index in [4.69, 9.17) is 0 Å². The van der Waals surface area contributed by atoms with Crippen molar-refractivity contribution in [3.8, 4) is 22.4 Å². The van der Waals surface area contributed by atoms with E-state index in [1.807, 2.05) is 5.10 Å². The fourth-order valence-corrected chi connectivity index (χ4v) is 3.42. The first-order valence-electron chi connectivity index (χ1n) is 8.17. The van der Waals surface area contributed by atoms with Gasteiger partial charge in [-0.1, -0.05) is 24.3 Å². The molecule has 0 amide bonds. The Labute approximate surface area is 164 Å². The Morgan fingerprint density at radius 2 is 1.55 bits per heavy atom. The summed E-state index contributed by atoms with van der Waals surface area (Å²) in [6.07, 6.45) is -3.67. The lowest BCUT2D eigenvalue weighted by Crippen LogP contribution is -2.07. The SMILES string of the molecule is COC(=O)c1ccc(-c2c(-c3ccc(S(C)(=O)=O)cc3)n[nH]c2C(F)(F)F)cc1. The highest BCUT2D eigenvalue weighted by molar-refractivity contribution is 7.90. The van der Waals surface area contributed by atoms with Crippen LogP contribution in [0, 0.1) is 0 Å². The number of sulfone groups is 1. The minimum atomic E-state index is -4.70. The molecular formula is C19H15F3N2O4S. The number of H-pyrrole nitrogens is 1. The maximum Gasteiger partial charge on any atom is 0.433 e. The van der Waals surface area contributed by atoms with Crippen LogP contribution in [0.25, 0.3) is 22.4 Å². The summed E-state index contributed by atoms with van der Waals surface area (Å²) >= 11 is 0. The molecule has 0 aliphatic rings. The van der Waals surface area contributed by atoms with E-state index >= 15 is 0 Å². The molecule has 0 atom stereocenters. The van der Waals surface area contributed by atoms with Gasteiger partial charge in [-0.15, -0.1) is 0 Å². The number of halogens is 3. The monoisotopic (exact) mass is 424 g/mol. The minimum absolute atomic E-state index is 0.00296. The summed E-state index contributed by atoms with van der Waals surface area (Å²) < 4.78 is 68.4. The number of aromatic amines is 1. The van der Waals surface area contributed by atoms with Gasteiger partial charge >= 0.3 is 12.1 Å². The maximum absolute atomic E-state index is 13.5. The molecule has 0 bridgehead atoms. The van der Waals surface area contributed by atoms with Crippen molar-refractivity contribution in [1.82, 2.24) is 10.2 Å². The normalized spacial score (nSPS) is 12.0.